The van der Waals surface area contributed by atoms with Crippen LogP contribution in [0.3, 0.4) is 0 Å². The van der Waals surface area contributed by atoms with Gasteiger partial charge in [0.1, 0.15) is 17.6 Å². The van der Waals surface area contributed by atoms with Crippen LogP contribution in [0.4, 0.5) is 4.39 Å². The Bertz CT molecular complexity index is 1260. The topological polar surface area (TPSA) is 101 Å². The molecule has 9 heteroatoms. The molecule has 0 fully saturated rings. The molecule has 0 aliphatic heterocycles. The van der Waals surface area contributed by atoms with Crippen LogP contribution in [0.15, 0.2) is 54.1 Å². The minimum atomic E-state index is -0.729. The van der Waals surface area contributed by atoms with Gasteiger partial charge in [-0.25, -0.2) is 18.9 Å². The summed E-state index contributed by atoms with van der Waals surface area (Å²) in [5, 5.41) is 17.1. The lowest BCUT2D eigenvalue weighted by atomic mass is 10.0. The highest BCUT2D eigenvalue weighted by molar-refractivity contribution is 5.77. The molecule has 0 amide bonds. The summed E-state index contributed by atoms with van der Waals surface area (Å²) in [4.78, 5) is 19.8. The molecule has 0 unspecified atom stereocenters. The van der Waals surface area contributed by atoms with Crippen LogP contribution in [0.2, 0.25) is 0 Å². The molecular weight excluding hydrogens is 385 g/mol. The largest absolute Gasteiger partial charge is 0.329 e. The van der Waals surface area contributed by atoms with Gasteiger partial charge in [-0.1, -0.05) is 5.18 Å². The minimum absolute atomic E-state index is 0.313. The van der Waals surface area contributed by atoms with Crippen molar-refractivity contribution in [3.05, 3.63) is 65.3 Å². The van der Waals surface area contributed by atoms with Crippen LogP contribution in [-0.2, 0) is 6.54 Å². The number of hydrogen-bond donors (Lipinski definition) is 0. The minimum Gasteiger partial charge on any atom is -0.329 e. The third kappa shape index (κ3) is 3.55. The normalized spacial score (nSPS) is 11.5. The Hall–Kier alpha value is -3.93. The molecule has 0 aliphatic rings. The molecule has 1 aromatic carbocycles. The molecule has 0 saturated heterocycles. The second-order valence-electron chi connectivity index (χ2n) is 7.54. The molecule has 0 saturated carbocycles. The maximum absolute atomic E-state index is 13.4. The Morgan fingerprint density at radius 3 is 2.63 bits per heavy atom. The zero-order valence-corrected chi connectivity index (χ0v) is 16.4. The summed E-state index contributed by atoms with van der Waals surface area (Å²) < 4.78 is 16.8. The number of benzene rings is 1. The van der Waals surface area contributed by atoms with Crippen molar-refractivity contribution in [1.82, 2.24) is 24.1 Å². The molecular formula is C21H18FN7O. The molecule has 8 nitrogen and oxygen atoms in total. The van der Waals surface area contributed by atoms with E-state index in [9.17, 15) is 14.6 Å². The summed E-state index contributed by atoms with van der Waals surface area (Å²) in [6, 6.07) is 11.7. The summed E-state index contributed by atoms with van der Waals surface area (Å²) in [6.07, 6.45) is 3.63. The lowest BCUT2D eigenvalue weighted by molar-refractivity contribution is 0.437. The third-order valence-corrected chi connectivity index (χ3v) is 4.89. The highest BCUT2D eigenvalue weighted by Gasteiger charge is 2.22. The molecule has 4 rings (SSSR count). The molecule has 3 heterocycles. The van der Waals surface area contributed by atoms with Crippen molar-refractivity contribution in [2.24, 2.45) is 5.18 Å². The number of halogens is 1. The Balaban J connectivity index is 1.86. The van der Waals surface area contributed by atoms with E-state index in [2.05, 4.69) is 26.3 Å². The number of nitrogens with zero attached hydrogens (tertiary/aromatic N) is 7. The number of fused-ring (bicyclic) bond motifs is 1. The van der Waals surface area contributed by atoms with E-state index in [1.54, 1.807) is 44.4 Å². The monoisotopic (exact) mass is 403 g/mol. The Morgan fingerprint density at radius 2 is 1.93 bits per heavy atom. The zero-order chi connectivity index (χ0) is 21.3. The molecule has 0 N–H and O–H groups in total. The molecule has 3 aromatic heterocycles. The molecule has 150 valence electrons. The smallest absolute Gasteiger partial charge is 0.162 e. The number of rotatable bonds is 6. The van der Waals surface area contributed by atoms with Gasteiger partial charge in [-0.15, -0.1) is 0 Å². The van der Waals surface area contributed by atoms with E-state index in [0.29, 0.717) is 41.4 Å². The van der Waals surface area contributed by atoms with Crippen molar-refractivity contribution < 1.29 is 4.39 Å². The first-order valence-electron chi connectivity index (χ1n) is 9.33. The molecule has 0 radical (unpaired) electrons. The van der Waals surface area contributed by atoms with E-state index in [0.717, 1.165) is 5.56 Å². The second kappa shape index (κ2) is 7.48. The molecule has 0 spiro atoms. The summed E-state index contributed by atoms with van der Waals surface area (Å²) >= 11 is 0. The van der Waals surface area contributed by atoms with Crippen LogP contribution >= 0.6 is 0 Å². The molecule has 0 bridgehead atoms. The molecule has 0 aliphatic carbocycles. The van der Waals surface area contributed by atoms with Crippen LogP contribution < -0.4 is 0 Å². The van der Waals surface area contributed by atoms with Crippen LogP contribution in [0, 0.1) is 22.1 Å². The maximum atomic E-state index is 13.4. The zero-order valence-electron chi connectivity index (χ0n) is 16.4. The number of imidazole rings is 2. The first-order chi connectivity index (χ1) is 14.4. The van der Waals surface area contributed by atoms with E-state index in [1.165, 1.54) is 22.8 Å². The predicted octanol–water partition coefficient (Wildman–Crippen LogP) is 4.21. The van der Waals surface area contributed by atoms with Crippen molar-refractivity contribution in [3.8, 4) is 28.7 Å². The van der Waals surface area contributed by atoms with E-state index in [1.807, 2.05) is 4.57 Å². The lowest BCUT2D eigenvalue weighted by Gasteiger charge is -2.17. The van der Waals surface area contributed by atoms with Gasteiger partial charge in [0.05, 0.1) is 29.5 Å². The van der Waals surface area contributed by atoms with Crippen molar-refractivity contribution in [2.75, 3.05) is 0 Å². The van der Waals surface area contributed by atoms with Gasteiger partial charge in [0.15, 0.2) is 11.3 Å². The van der Waals surface area contributed by atoms with E-state index in [-0.39, 0.29) is 5.82 Å². The Kier molecular flexibility index (Phi) is 4.83. The highest BCUT2D eigenvalue weighted by atomic mass is 19.1. The first-order valence-corrected chi connectivity index (χ1v) is 9.33. The lowest BCUT2D eigenvalue weighted by Crippen LogP contribution is -2.19. The van der Waals surface area contributed by atoms with Gasteiger partial charge in [-0.3, -0.25) is 0 Å². The van der Waals surface area contributed by atoms with Gasteiger partial charge < -0.3 is 4.57 Å². The van der Waals surface area contributed by atoms with Gasteiger partial charge >= 0.3 is 0 Å². The number of hydrogen-bond acceptors (Lipinski definition) is 6. The van der Waals surface area contributed by atoms with Crippen molar-refractivity contribution in [2.45, 2.75) is 32.4 Å². The molecule has 4 aromatic rings. The number of nitroso groups, excluding NO2 is 1. The van der Waals surface area contributed by atoms with Gasteiger partial charge in [0.25, 0.3) is 0 Å². The Labute approximate surface area is 171 Å². The van der Waals surface area contributed by atoms with E-state index < -0.39 is 5.54 Å². The molecule has 0 atom stereocenters. The van der Waals surface area contributed by atoms with Crippen LogP contribution in [0.1, 0.15) is 26.0 Å². The van der Waals surface area contributed by atoms with Crippen LogP contribution in [0.25, 0.3) is 28.3 Å². The number of aromatic nitrogens is 5. The second-order valence-corrected chi connectivity index (χ2v) is 7.54. The summed E-state index contributed by atoms with van der Waals surface area (Å²) in [7, 11) is 0. The van der Waals surface area contributed by atoms with Crippen LogP contribution in [-0.4, -0.2) is 29.7 Å². The van der Waals surface area contributed by atoms with Crippen molar-refractivity contribution in [1.29, 1.82) is 5.26 Å². The average Bonchev–Trinajstić information content (AvgIpc) is 3.36. The molecule has 30 heavy (non-hydrogen) atoms. The quantitative estimate of drug-likeness (QED) is 0.449. The summed E-state index contributed by atoms with van der Waals surface area (Å²) in [5.41, 5.74) is 2.76. The van der Waals surface area contributed by atoms with Crippen molar-refractivity contribution >= 4 is 5.65 Å². The number of nitriles is 1. The maximum Gasteiger partial charge on any atom is 0.162 e. The highest BCUT2D eigenvalue weighted by Crippen LogP contribution is 2.31. The number of aryl methyl sites for hydroxylation is 1. The van der Waals surface area contributed by atoms with Gasteiger partial charge in [-0.05, 0) is 56.7 Å². The average molecular weight is 403 g/mol. The fourth-order valence-electron chi connectivity index (χ4n) is 3.15. The standard InChI is InChI=1S/C21H18FN7O/c1-21(2,27-30)9-10-28-13-25-19(14-3-5-15(22)6-4-14)20(28)17-7-8-18-24-12-16(11-23)29(18)26-17/h3-8,12-13H,9-10H2,1-2H3. The van der Waals surface area contributed by atoms with Gasteiger partial charge in [0, 0.05) is 12.1 Å². The fraction of sp³-hybridized carbons (Fsp3) is 0.238. The third-order valence-electron chi connectivity index (χ3n) is 4.89. The van der Waals surface area contributed by atoms with Crippen molar-refractivity contribution in [3.63, 3.8) is 0 Å². The fourth-order valence-corrected chi connectivity index (χ4v) is 3.15. The van der Waals surface area contributed by atoms with E-state index >= 15 is 0 Å². The summed E-state index contributed by atoms with van der Waals surface area (Å²) in [5.74, 6) is -0.338. The summed E-state index contributed by atoms with van der Waals surface area (Å²) in [6.45, 7) is 4.02. The van der Waals surface area contributed by atoms with Gasteiger partial charge in [0.2, 0.25) is 0 Å². The van der Waals surface area contributed by atoms with E-state index in [4.69, 9.17) is 0 Å². The first kappa shape index (κ1) is 19.4. The van der Waals surface area contributed by atoms with Gasteiger partial charge in [-0.2, -0.15) is 15.3 Å². The van der Waals surface area contributed by atoms with Crippen LogP contribution in [0.5, 0.6) is 0 Å². The SMILES string of the molecule is CC(C)(CCn1cnc(-c2ccc(F)cc2)c1-c1ccc2ncc(C#N)n2n1)N=O. The Morgan fingerprint density at radius 1 is 1.17 bits per heavy atom. The predicted molar refractivity (Wildman–Crippen MR) is 109 cm³/mol.